The molecule has 0 heterocycles. The molecule has 16 heavy (non-hydrogen) atoms. The van der Waals surface area contributed by atoms with E-state index in [1.54, 1.807) is 19.2 Å². The van der Waals surface area contributed by atoms with Crippen molar-refractivity contribution in [1.29, 1.82) is 0 Å². The van der Waals surface area contributed by atoms with Crippen LogP contribution in [0.15, 0.2) is 18.2 Å². The molecule has 4 heteroatoms. The Morgan fingerprint density at radius 3 is 2.81 bits per heavy atom. The number of rotatable bonds is 6. The third kappa shape index (κ3) is 4.08. The zero-order valence-electron chi connectivity index (χ0n) is 9.59. The van der Waals surface area contributed by atoms with Crippen LogP contribution in [0.1, 0.15) is 12.0 Å². The van der Waals surface area contributed by atoms with Crippen LogP contribution in [0.2, 0.25) is 5.02 Å². The van der Waals surface area contributed by atoms with E-state index < -0.39 is 0 Å². The number of nitrogens with one attached hydrogen (secondary N) is 1. The van der Waals surface area contributed by atoms with E-state index >= 15 is 0 Å². The Bertz CT molecular complexity index is 333. The van der Waals surface area contributed by atoms with Gasteiger partial charge in [-0.2, -0.15) is 0 Å². The molecule has 0 aliphatic rings. The highest BCUT2D eigenvalue weighted by Gasteiger charge is 2.07. The van der Waals surface area contributed by atoms with E-state index in [-0.39, 0.29) is 10.8 Å². The van der Waals surface area contributed by atoms with Gasteiger partial charge < -0.3 is 10.1 Å². The minimum Gasteiger partial charge on any atom is -0.383 e. The van der Waals surface area contributed by atoms with E-state index in [9.17, 15) is 4.39 Å². The maximum atomic E-state index is 12.9. The standard InChI is InChI=1S/C12H17ClFNO/c1-15-10(8-16-2)5-3-9-4-6-12(14)11(13)7-9/h4,6-7,10,15H,3,5,8H2,1-2H3. The van der Waals surface area contributed by atoms with Crippen molar-refractivity contribution in [3.8, 4) is 0 Å². The minimum atomic E-state index is -0.368. The van der Waals surface area contributed by atoms with Crippen molar-refractivity contribution in [2.24, 2.45) is 0 Å². The van der Waals surface area contributed by atoms with Crippen molar-refractivity contribution in [2.75, 3.05) is 20.8 Å². The van der Waals surface area contributed by atoms with Gasteiger partial charge >= 0.3 is 0 Å². The second-order valence-electron chi connectivity index (χ2n) is 3.73. The fourth-order valence-electron chi connectivity index (χ4n) is 1.55. The van der Waals surface area contributed by atoms with Crippen LogP contribution in [-0.2, 0) is 11.2 Å². The van der Waals surface area contributed by atoms with E-state index in [1.165, 1.54) is 6.07 Å². The summed E-state index contributed by atoms with van der Waals surface area (Å²) in [5.41, 5.74) is 1.04. The van der Waals surface area contributed by atoms with E-state index in [0.717, 1.165) is 18.4 Å². The summed E-state index contributed by atoms with van der Waals surface area (Å²) in [6, 6.07) is 5.16. The smallest absolute Gasteiger partial charge is 0.141 e. The van der Waals surface area contributed by atoms with Crippen LogP contribution in [0, 0.1) is 5.82 Å². The zero-order valence-corrected chi connectivity index (χ0v) is 10.4. The van der Waals surface area contributed by atoms with E-state index in [2.05, 4.69) is 5.32 Å². The molecular formula is C12H17ClFNO. The van der Waals surface area contributed by atoms with Gasteiger partial charge in [0.15, 0.2) is 0 Å². The molecule has 0 aliphatic carbocycles. The molecule has 0 radical (unpaired) electrons. The molecule has 0 bridgehead atoms. The third-order valence-corrected chi connectivity index (χ3v) is 2.83. The quantitative estimate of drug-likeness (QED) is 0.832. The molecule has 1 aromatic rings. The topological polar surface area (TPSA) is 21.3 Å². The second kappa shape index (κ2) is 6.84. The predicted molar refractivity (Wildman–Crippen MR) is 64.5 cm³/mol. The molecule has 0 aromatic heterocycles. The summed E-state index contributed by atoms with van der Waals surface area (Å²) in [5, 5.41) is 3.35. The summed E-state index contributed by atoms with van der Waals surface area (Å²) in [6.07, 6.45) is 1.79. The highest BCUT2D eigenvalue weighted by molar-refractivity contribution is 6.30. The average molecular weight is 246 g/mol. The van der Waals surface area contributed by atoms with Gasteiger partial charge in [-0.3, -0.25) is 0 Å². The lowest BCUT2D eigenvalue weighted by molar-refractivity contribution is 0.166. The monoisotopic (exact) mass is 245 g/mol. The Morgan fingerprint density at radius 2 is 2.25 bits per heavy atom. The van der Waals surface area contributed by atoms with Crippen LogP contribution in [-0.4, -0.2) is 26.8 Å². The van der Waals surface area contributed by atoms with Gasteiger partial charge in [-0.1, -0.05) is 17.7 Å². The number of ether oxygens (including phenoxy) is 1. The Hall–Kier alpha value is -0.640. The van der Waals surface area contributed by atoms with Crippen molar-refractivity contribution in [3.05, 3.63) is 34.6 Å². The Labute approximate surface area is 101 Å². The van der Waals surface area contributed by atoms with Gasteiger partial charge in [0.25, 0.3) is 0 Å². The van der Waals surface area contributed by atoms with Crippen molar-refractivity contribution in [1.82, 2.24) is 5.32 Å². The molecule has 2 nitrogen and oxygen atoms in total. The maximum Gasteiger partial charge on any atom is 0.141 e. The zero-order chi connectivity index (χ0) is 12.0. The van der Waals surface area contributed by atoms with Crippen molar-refractivity contribution in [2.45, 2.75) is 18.9 Å². The molecule has 1 unspecified atom stereocenters. The fourth-order valence-corrected chi connectivity index (χ4v) is 1.75. The van der Waals surface area contributed by atoms with Gasteiger partial charge in [-0.05, 0) is 37.6 Å². The molecule has 0 spiro atoms. The fraction of sp³-hybridized carbons (Fsp3) is 0.500. The van der Waals surface area contributed by atoms with Gasteiger partial charge in [0.05, 0.1) is 11.6 Å². The van der Waals surface area contributed by atoms with Gasteiger partial charge in [0.2, 0.25) is 0 Å². The maximum absolute atomic E-state index is 12.9. The largest absolute Gasteiger partial charge is 0.383 e. The van der Waals surface area contributed by atoms with Crippen LogP contribution < -0.4 is 5.32 Å². The molecular weight excluding hydrogens is 229 g/mol. The first-order chi connectivity index (χ1) is 7.67. The molecule has 0 amide bonds. The van der Waals surface area contributed by atoms with Crippen LogP contribution in [0.5, 0.6) is 0 Å². The Morgan fingerprint density at radius 1 is 1.50 bits per heavy atom. The van der Waals surface area contributed by atoms with Gasteiger partial charge in [0, 0.05) is 13.2 Å². The molecule has 1 rings (SSSR count). The lowest BCUT2D eigenvalue weighted by Crippen LogP contribution is -2.30. The molecule has 1 atom stereocenters. The van der Waals surface area contributed by atoms with Crippen LogP contribution in [0.3, 0.4) is 0 Å². The molecule has 0 fully saturated rings. The first kappa shape index (κ1) is 13.4. The van der Waals surface area contributed by atoms with Crippen LogP contribution >= 0.6 is 11.6 Å². The summed E-state index contributed by atoms with van der Waals surface area (Å²) >= 11 is 5.71. The second-order valence-corrected chi connectivity index (χ2v) is 4.14. The Balaban J connectivity index is 2.50. The van der Waals surface area contributed by atoms with Gasteiger partial charge in [0.1, 0.15) is 5.82 Å². The number of halogens is 2. The molecule has 0 saturated heterocycles. The number of methoxy groups -OCH3 is 1. The van der Waals surface area contributed by atoms with E-state index in [4.69, 9.17) is 16.3 Å². The molecule has 0 saturated carbocycles. The van der Waals surface area contributed by atoms with E-state index in [1.807, 2.05) is 7.05 Å². The highest BCUT2D eigenvalue weighted by atomic mass is 35.5. The number of aryl methyl sites for hydroxylation is 1. The Kier molecular flexibility index (Phi) is 5.74. The summed E-state index contributed by atoms with van der Waals surface area (Å²) in [5.74, 6) is -0.368. The molecule has 90 valence electrons. The molecule has 1 N–H and O–H groups in total. The lowest BCUT2D eigenvalue weighted by atomic mass is 10.1. The van der Waals surface area contributed by atoms with Crippen molar-refractivity contribution in [3.63, 3.8) is 0 Å². The summed E-state index contributed by atoms with van der Waals surface area (Å²) in [4.78, 5) is 0. The van der Waals surface area contributed by atoms with Crippen LogP contribution in [0.25, 0.3) is 0 Å². The first-order valence-corrected chi connectivity index (χ1v) is 5.65. The van der Waals surface area contributed by atoms with Crippen molar-refractivity contribution >= 4 is 11.6 Å². The summed E-state index contributed by atoms with van der Waals surface area (Å²) < 4.78 is 18.0. The summed E-state index contributed by atoms with van der Waals surface area (Å²) in [7, 11) is 3.58. The molecule has 0 aliphatic heterocycles. The number of likely N-dealkylation sites (N-methyl/N-ethyl adjacent to an activating group) is 1. The van der Waals surface area contributed by atoms with E-state index in [0.29, 0.717) is 12.6 Å². The van der Waals surface area contributed by atoms with Gasteiger partial charge in [-0.25, -0.2) is 4.39 Å². The minimum absolute atomic E-state index is 0.185. The van der Waals surface area contributed by atoms with Crippen molar-refractivity contribution < 1.29 is 9.13 Å². The molecule has 1 aromatic carbocycles. The SMILES string of the molecule is CNC(CCc1ccc(F)c(Cl)c1)COC. The third-order valence-electron chi connectivity index (χ3n) is 2.54. The van der Waals surface area contributed by atoms with Crippen LogP contribution in [0.4, 0.5) is 4.39 Å². The number of hydrogen-bond donors (Lipinski definition) is 1. The highest BCUT2D eigenvalue weighted by Crippen LogP contribution is 2.17. The predicted octanol–water partition coefficient (Wildman–Crippen LogP) is 2.65. The lowest BCUT2D eigenvalue weighted by Gasteiger charge is -2.14. The number of benzene rings is 1. The van der Waals surface area contributed by atoms with Gasteiger partial charge in [-0.15, -0.1) is 0 Å². The summed E-state index contributed by atoms with van der Waals surface area (Å²) in [6.45, 7) is 0.672. The average Bonchev–Trinajstić information content (AvgIpc) is 2.28. The normalized spacial score (nSPS) is 12.8. The number of hydrogen-bond acceptors (Lipinski definition) is 2. The first-order valence-electron chi connectivity index (χ1n) is 5.27.